The lowest BCUT2D eigenvalue weighted by Crippen LogP contribution is -2.43. The number of aliphatic hydroxyl groups excluding tert-OH is 1. The van der Waals surface area contributed by atoms with Crippen LogP contribution in [0, 0.1) is 0 Å². The molecule has 0 bridgehead atoms. The molecule has 192 valence electrons. The Morgan fingerprint density at radius 1 is 1.11 bits per heavy atom. The number of ether oxygens (including phenoxy) is 1. The average Bonchev–Trinajstić information content (AvgIpc) is 2.80. The number of hydrogen-bond acceptors (Lipinski definition) is 5. The number of carbonyl (C=O) groups excluding carboxylic acids is 1. The molecule has 14 heteroatoms. The molecule has 1 aromatic carbocycles. The molecule has 1 aromatic heterocycles. The van der Waals surface area contributed by atoms with Crippen LogP contribution in [0.25, 0.3) is 11.1 Å². The van der Waals surface area contributed by atoms with Crippen molar-refractivity contribution in [2.75, 3.05) is 19.9 Å². The molecule has 0 unspecified atom stereocenters. The number of halogens is 7. The summed E-state index contributed by atoms with van der Waals surface area (Å²) in [6, 6.07) is 8.84. The summed E-state index contributed by atoms with van der Waals surface area (Å²) in [5, 5.41) is 19.7. The number of carboxylic acids is 1. The van der Waals surface area contributed by atoms with Crippen LogP contribution in [-0.2, 0) is 20.0 Å². The number of aromatic nitrogens is 1. The minimum Gasteiger partial charge on any atom is -0.475 e. The lowest BCUT2D eigenvalue weighted by atomic mass is 9.97. The van der Waals surface area contributed by atoms with Gasteiger partial charge in [0, 0.05) is 11.8 Å². The van der Waals surface area contributed by atoms with Crippen LogP contribution in [0.2, 0.25) is 0 Å². The fourth-order valence-electron chi connectivity index (χ4n) is 2.81. The minimum absolute atomic E-state index is 0.00634. The van der Waals surface area contributed by atoms with Crippen LogP contribution >= 0.6 is 23.2 Å². The van der Waals surface area contributed by atoms with Crippen molar-refractivity contribution in [2.45, 2.75) is 28.8 Å². The number of nitrogens with zero attached hydrogens (tertiary/aromatic N) is 1. The van der Waals surface area contributed by atoms with Gasteiger partial charge >= 0.3 is 12.1 Å². The Balaban J connectivity index is 0.000000540. The Kier molecular flexibility index (Phi) is 9.78. The number of benzene rings is 1. The van der Waals surface area contributed by atoms with Gasteiger partial charge in [0.15, 0.2) is 10.5 Å². The van der Waals surface area contributed by atoms with Gasteiger partial charge in [-0.3, -0.25) is 9.78 Å². The number of amides is 1. The average molecular weight is 545 g/mol. The van der Waals surface area contributed by atoms with Gasteiger partial charge in [-0.2, -0.15) is 13.2 Å². The Morgan fingerprint density at radius 2 is 1.66 bits per heavy atom. The molecule has 1 aliphatic rings. The number of carboxylic acid groups (broad SMARTS) is 1. The molecule has 35 heavy (non-hydrogen) atoms. The van der Waals surface area contributed by atoms with E-state index in [1.807, 2.05) is 0 Å². The van der Waals surface area contributed by atoms with Crippen LogP contribution in [0.3, 0.4) is 0 Å². The second-order valence-electron chi connectivity index (χ2n) is 7.33. The molecule has 1 fully saturated rings. The van der Waals surface area contributed by atoms with Crippen molar-refractivity contribution in [3.05, 3.63) is 53.9 Å². The van der Waals surface area contributed by atoms with Crippen LogP contribution in [0.1, 0.15) is 17.4 Å². The van der Waals surface area contributed by atoms with E-state index in [1.165, 1.54) is 0 Å². The lowest BCUT2D eigenvalue weighted by molar-refractivity contribution is -0.192. The van der Waals surface area contributed by atoms with Gasteiger partial charge in [0.25, 0.3) is 5.91 Å². The quantitative estimate of drug-likeness (QED) is 0.360. The second kappa shape index (κ2) is 11.9. The van der Waals surface area contributed by atoms with Crippen LogP contribution < -0.4 is 5.32 Å². The van der Waals surface area contributed by atoms with Crippen molar-refractivity contribution in [3.8, 4) is 11.1 Å². The monoisotopic (exact) mass is 544 g/mol. The molecular formula is C21H19Cl2F5N2O5. The second-order valence-corrected chi connectivity index (χ2v) is 8.43. The molecule has 0 saturated carbocycles. The fraction of sp³-hybridized carbons (Fsp3) is 0.381. The van der Waals surface area contributed by atoms with E-state index in [9.17, 15) is 31.9 Å². The van der Waals surface area contributed by atoms with Gasteiger partial charge < -0.3 is 20.3 Å². The van der Waals surface area contributed by atoms with Gasteiger partial charge in [-0.15, -0.1) is 0 Å². The molecular weight excluding hydrogens is 526 g/mol. The molecule has 1 aliphatic heterocycles. The van der Waals surface area contributed by atoms with Gasteiger partial charge in [-0.25, -0.2) is 13.6 Å². The zero-order valence-corrected chi connectivity index (χ0v) is 19.1. The molecule has 2 atom stereocenters. The number of pyridine rings is 1. The number of carbonyl (C=O) groups is 2. The maximum absolute atomic E-state index is 14.3. The van der Waals surface area contributed by atoms with Gasteiger partial charge in [0.05, 0.1) is 24.9 Å². The van der Waals surface area contributed by atoms with E-state index in [0.29, 0.717) is 11.3 Å². The highest BCUT2D eigenvalue weighted by Gasteiger charge is 2.42. The molecule has 7 nitrogen and oxygen atoms in total. The number of rotatable bonds is 7. The van der Waals surface area contributed by atoms with E-state index in [1.54, 1.807) is 42.6 Å². The van der Waals surface area contributed by atoms with Gasteiger partial charge in [-0.1, -0.05) is 53.5 Å². The van der Waals surface area contributed by atoms with Crippen molar-refractivity contribution < 1.29 is 46.5 Å². The molecule has 1 amide bonds. The van der Waals surface area contributed by atoms with Crippen molar-refractivity contribution >= 4 is 35.1 Å². The molecule has 2 aromatic rings. The molecule has 0 aliphatic carbocycles. The van der Waals surface area contributed by atoms with Crippen molar-refractivity contribution in [1.82, 2.24) is 10.3 Å². The standard InChI is InChI=1S/C19H18Cl2F2N2O3.C2HF3O2/c20-17(21)18(27)25-14(7-22)16(26)12-3-1-11(2-4-12)13-5-6-15(24-8-13)19(23)9-28-10-19;3-2(4,5)1(6)7/h1-6,8,14,16-17,26H,7,9-10H2,(H,25,27);(H,6,7)/t14-,16-;/m1./s1. The van der Waals surface area contributed by atoms with E-state index in [4.69, 9.17) is 37.8 Å². The molecule has 1 saturated heterocycles. The van der Waals surface area contributed by atoms with Crippen molar-refractivity contribution in [3.63, 3.8) is 0 Å². The smallest absolute Gasteiger partial charge is 0.475 e. The normalized spacial score (nSPS) is 16.4. The fourth-order valence-corrected chi connectivity index (χ4v) is 2.94. The Morgan fingerprint density at radius 3 is 2.03 bits per heavy atom. The van der Waals surface area contributed by atoms with Gasteiger partial charge in [0.1, 0.15) is 12.8 Å². The summed E-state index contributed by atoms with van der Waals surface area (Å²) in [4.78, 5) is 23.2. The highest BCUT2D eigenvalue weighted by atomic mass is 35.5. The molecule has 3 N–H and O–H groups in total. The Bertz CT molecular complexity index is 1000. The third-order valence-electron chi connectivity index (χ3n) is 4.79. The van der Waals surface area contributed by atoms with Gasteiger partial charge in [-0.05, 0) is 17.2 Å². The first kappa shape index (κ1) is 28.7. The Hall–Kier alpha value is -2.54. The minimum atomic E-state index is -5.08. The maximum atomic E-state index is 14.3. The first-order valence-electron chi connectivity index (χ1n) is 9.74. The number of aliphatic carboxylic acids is 1. The summed E-state index contributed by atoms with van der Waals surface area (Å²) in [5.41, 5.74) is 0.758. The summed E-state index contributed by atoms with van der Waals surface area (Å²) in [6.07, 6.45) is -4.80. The maximum Gasteiger partial charge on any atom is 0.490 e. The highest BCUT2D eigenvalue weighted by Crippen LogP contribution is 2.33. The van der Waals surface area contributed by atoms with Crippen LogP contribution in [0.4, 0.5) is 22.0 Å². The summed E-state index contributed by atoms with van der Waals surface area (Å²) < 4.78 is 64.1. The third-order valence-corrected chi connectivity index (χ3v) is 5.18. The topological polar surface area (TPSA) is 109 Å². The SMILES string of the molecule is O=C(N[C@H](CF)[C@H](O)c1ccc(-c2ccc(C3(F)COC3)nc2)cc1)C(Cl)Cl.O=C(O)C(F)(F)F. The van der Waals surface area contributed by atoms with E-state index in [-0.39, 0.29) is 13.2 Å². The first-order chi connectivity index (χ1) is 16.3. The number of aliphatic hydroxyl groups is 1. The molecule has 2 heterocycles. The predicted octanol–water partition coefficient (Wildman–Crippen LogP) is 3.87. The zero-order valence-electron chi connectivity index (χ0n) is 17.6. The number of alkyl halides is 7. The van der Waals surface area contributed by atoms with Crippen LogP contribution in [-0.4, -0.2) is 64.0 Å². The summed E-state index contributed by atoms with van der Waals surface area (Å²) >= 11 is 10.9. The van der Waals surface area contributed by atoms with E-state index in [0.717, 1.165) is 11.1 Å². The highest BCUT2D eigenvalue weighted by molar-refractivity contribution is 6.53. The largest absolute Gasteiger partial charge is 0.490 e. The van der Waals surface area contributed by atoms with Crippen molar-refractivity contribution in [1.29, 1.82) is 0 Å². The summed E-state index contributed by atoms with van der Waals surface area (Å²) in [6.45, 7) is -0.978. The number of hydrogen-bond donors (Lipinski definition) is 3. The molecule has 0 radical (unpaired) electrons. The van der Waals surface area contributed by atoms with E-state index in [2.05, 4.69) is 10.3 Å². The van der Waals surface area contributed by atoms with Crippen LogP contribution in [0.15, 0.2) is 42.6 Å². The van der Waals surface area contributed by atoms with E-state index < -0.39 is 47.4 Å². The summed E-state index contributed by atoms with van der Waals surface area (Å²) in [5.74, 6) is -3.54. The predicted molar refractivity (Wildman–Crippen MR) is 115 cm³/mol. The third kappa shape index (κ3) is 7.72. The van der Waals surface area contributed by atoms with E-state index >= 15 is 0 Å². The lowest BCUT2D eigenvalue weighted by Gasteiger charge is -2.32. The molecule has 3 rings (SSSR count). The Labute approximate surface area is 205 Å². The summed E-state index contributed by atoms with van der Waals surface area (Å²) in [7, 11) is 0. The number of nitrogens with one attached hydrogen (secondary N) is 1. The first-order valence-corrected chi connectivity index (χ1v) is 10.6. The molecule has 0 spiro atoms. The zero-order chi connectivity index (χ0) is 26.4. The van der Waals surface area contributed by atoms with Crippen molar-refractivity contribution in [2.24, 2.45) is 0 Å². The van der Waals surface area contributed by atoms with Crippen LogP contribution in [0.5, 0.6) is 0 Å². The van der Waals surface area contributed by atoms with Gasteiger partial charge in [0.2, 0.25) is 0 Å².